The molecule has 1 fully saturated rings. The minimum Gasteiger partial charge on any atom is -0.451 e. The average molecular weight is 376 g/mol. The van der Waals surface area contributed by atoms with Crippen LogP contribution >= 0.6 is 0 Å². The number of rotatable bonds is 4. The van der Waals surface area contributed by atoms with Crippen LogP contribution in [0.15, 0.2) is 59.0 Å². The number of carbonyl (C=O) groups is 2. The molecule has 5 nitrogen and oxygen atoms in total. The van der Waals surface area contributed by atoms with Gasteiger partial charge in [-0.05, 0) is 55.0 Å². The van der Waals surface area contributed by atoms with Crippen LogP contribution in [0, 0.1) is 5.92 Å². The Hall–Kier alpha value is -3.08. The molecule has 3 aromatic rings. The third-order valence-electron chi connectivity index (χ3n) is 5.32. The van der Waals surface area contributed by atoms with Crippen molar-refractivity contribution in [2.75, 3.05) is 18.4 Å². The molecule has 1 saturated heterocycles. The van der Waals surface area contributed by atoms with Crippen molar-refractivity contribution in [3.05, 3.63) is 65.9 Å². The monoisotopic (exact) mass is 376 g/mol. The molecular formula is C23H24N2O3. The molecule has 0 saturated carbocycles. The lowest BCUT2D eigenvalue weighted by molar-refractivity contribution is -0.114. The fraction of sp³-hybridized carbons (Fsp3) is 0.304. The van der Waals surface area contributed by atoms with Crippen molar-refractivity contribution in [3.8, 4) is 0 Å². The number of anilines is 1. The predicted molar refractivity (Wildman–Crippen MR) is 109 cm³/mol. The van der Waals surface area contributed by atoms with E-state index in [1.165, 1.54) is 12.5 Å². The lowest BCUT2D eigenvalue weighted by Crippen LogP contribution is -2.38. The van der Waals surface area contributed by atoms with Gasteiger partial charge in [0.25, 0.3) is 5.91 Å². The molecule has 28 heavy (non-hydrogen) atoms. The summed E-state index contributed by atoms with van der Waals surface area (Å²) in [7, 11) is 0. The molecule has 1 aliphatic heterocycles. The predicted octanol–water partition coefficient (Wildman–Crippen LogP) is 4.49. The first-order chi connectivity index (χ1) is 13.6. The molecule has 0 unspecified atom stereocenters. The summed E-state index contributed by atoms with van der Waals surface area (Å²) in [6, 6.07) is 17.7. The highest BCUT2D eigenvalue weighted by Gasteiger charge is 2.25. The molecule has 4 rings (SSSR count). The number of hydrogen-bond acceptors (Lipinski definition) is 3. The van der Waals surface area contributed by atoms with Crippen molar-refractivity contribution in [2.24, 2.45) is 5.92 Å². The van der Waals surface area contributed by atoms with Gasteiger partial charge in [0, 0.05) is 31.1 Å². The van der Waals surface area contributed by atoms with E-state index in [1.807, 2.05) is 17.0 Å². The van der Waals surface area contributed by atoms with Gasteiger partial charge < -0.3 is 14.6 Å². The molecule has 0 bridgehead atoms. The van der Waals surface area contributed by atoms with Crippen molar-refractivity contribution in [2.45, 2.75) is 26.2 Å². The van der Waals surface area contributed by atoms with E-state index in [4.69, 9.17) is 4.42 Å². The third kappa shape index (κ3) is 4.09. The van der Waals surface area contributed by atoms with E-state index in [0.29, 0.717) is 22.9 Å². The fourth-order valence-electron chi connectivity index (χ4n) is 3.87. The summed E-state index contributed by atoms with van der Waals surface area (Å²) in [6.07, 6.45) is 3.08. The van der Waals surface area contributed by atoms with Crippen LogP contribution in [0.3, 0.4) is 0 Å². The number of nitrogens with zero attached hydrogens (tertiary/aromatic N) is 1. The summed E-state index contributed by atoms with van der Waals surface area (Å²) in [4.78, 5) is 26.0. The topological polar surface area (TPSA) is 62.6 Å². The number of nitrogens with one attached hydrogen (secondary N) is 1. The first-order valence-electron chi connectivity index (χ1n) is 9.73. The minimum atomic E-state index is -0.127. The van der Waals surface area contributed by atoms with Gasteiger partial charge >= 0.3 is 0 Å². The van der Waals surface area contributed by atoms with Gasteiger partial charge in [-0.1, -0.05) is 30.3 Å². The average Bonchev–Trinajstić information content (AvgIpc) is 3.12. The maximum Gasteiger partial charge on any atom is 0.289 e. The molecular weight excluding hydrogens is 352 g/mol. The highest BCUT2D eigenvalue weighted by molar-refractivity contribution is 5.98. The zero-order chi connectivity index (χ0) is 19.5. The van der Waals surface area contributed by atoms with Gasteiger partial charge in [0.15, 0.2) is 5.76 Å². The lowest BCUT2D eigenvalue weighted by Gasteiger charge is -2.31. The zero-order valence-corrected chi connectivity index (χ0v) is 16.0. The number of benzene rings is 2. The summed E-state index contributed by atoms with van der Waals surface area (Å²) >= 11 is 0. The van der Waals surface area contributed by atoms with Crippen LogP contribution in [0.2, 0.25) is 0 Å². The molecule has 2 heterocycles. The van der Waals surface area contributed by atoms with Crippen LogP contribution in [0.1, 0.15) is 35.9 Å². The van der Waals surface area contributed by atoms with Crippen molar-refractivity contribution in [1.82, 2.24) is 4.90 Å². The van der Waals surface area contributed by atoms with Gasteiger partial charge in [0.05, 0.1) is 0 Å². The maximum atomic E-state index is 12.9. The number of hydrogen-bond donors (Lipinski definition) is 1. The third-order valence-corrected chi connectivity index (χ3v) is 5.32. The Morgan fingerprint density at radius 2 is 1.82 bits per heavy atom. The molecule has 0 atom stereocenters. The Morgan fingerprint density at radius 1 is 1.07 bits per heavy atom. The molecule has 2 amide bonds. The summed E-state index contributed by atoms with van der Waals surface area (Å²) in [6.45, 7) is 2.98. The van der Waals surface area contributed by atoms with Crippen molar-refractivity contribution >= 4 is 28.5 Å². The van der Waals surface area contributed by atoms with Crippen LogP contribution in [-0.4, -0.2) is 29.8 Å². The van der Waals surface area contributed by atoms with E-state index in [9.17, 15) is 9.59 Å². The molecule has 2 aromatic carbocycles. The van der Waals surface area contributed by atoms with Crippen LogP contribution in [-0.2, 0) is 11.2 Å². The largest absolute Gasteiger partial charge is 0.451 e. The minimum absolute atomic E-state index is 0.0598. The first-order valence-corrected chi connectivity index (χ1v) is 9.73. The Kier molecular flexibility index (Phi) is 5.15. The van der Waals surface area contributed by atoms with Crippen molar-refractivity contribution in [1.29, 1.82) is 0 Å². The van der Waals surface area contributed by atoms with E-state index in [-0.39, 0.29) is 11.8 Å². The Labute approximate surface area is 164 Å². The molecule has 1 aromatic heterocycles. The van der Waals surface area contributed by atoms with E-state index < -0.39 is 0 Å². The number of piperidine rings is 1. The van der Waals surface area contributed by atoms with Crippen LogP contribution in [0.4, 0.5) is 5.69 Å². The van der Waals surface area contributed by atoms with Gasteiger partial charge in [-0.25, -0.2) is 0 Å². The number of carbonyl (C=O) groups excluding carboxylic acids is 2. The van der Waals surface area contributed by atoms with Gasteiger partial charge in [-0.15, -0.1) is 0 Å². The molecule has 1 aliphatic rings. The molecule has 0 radical (unpaired) electrons. The number of amides is 2. The molecule has 1 N–H and O–H groups in total. The van der Waals surface area contributed by atoms with Crippen molar-refractivity contribution < 1.29 is 14.0 Å². The lowest BCUT2D eigenvalue weighted by atomic mass is 9.90. The summed E-state index contributed by atoms with van der Waals surface area (Å²) in [5, 5.41) is 3.56. The van der Waals surface area contributed by atoms with Crippen LogP contribution < -0.4 is 5.32 Å². The van der Waals surface area contributed by atoms with Gasteiger partial charge in [0.2, 0.25) is 5.91 Å². The van der Waals surface area contributed by atoms with Crippen molar-refractivity contribution in [3.63, 3.8) is 0 Å². The highest BCUT2D eigenvalue weighted by Crippen LogP contribution is 2.26. The Morgan fingerprint density at radius 3 is 2.54 bits per heavy atom. The van der Waals surface area contributed by atoms with E-state index in [0.717, 1.165) is 37.7 Å². The Balaban J connectivity index is 1.40. The van der Waals surface area contributed by atoms with Gasteiger partial charge in [-0.3, -0.25) is 9.59 Å². The second kappa shape index (κ2) is 7.89. The number of likely N-dealkylation sites (tertiary alicyclic amines) is 1. The summed E-state index contributed by atoms with van der Waals surface area (Å²) in [5.74, 6) is 0.784. The molecule has 0 spiro atoms. The van der Waals surface area contributed by atoms with Crippen LogP contribution in [0.5, 0.6) is 0 Å². The van der Waals surface area contributed by atoms with E-state index in [1.54, 1.807) is 18.2 Å². The first kappa shape index (κ1) is 18.3. The van der Waals surface area contributed by atoms with E-state index >= 15 is 0 Å². The maximum absolute atomic E-state index is 12.9. The molecule has 144 valence electrons. The number of fused-ring (bicyclic) bond motifs is 1. The molecule has 0 aliphatic carbocycles. The second-order valence-electron chi connectivity index (χ2n) is 7.47. The summed E-state index contributed by atoms with van der Waals surface area (Å²) < 4.78 is 5.76. The fourth-order valence-corrected chi connectivity index (χ4v) is 3.87. The SMILES string of the molecule is CC(=O)Nc1ccc2oc(C(=O)N3CCC(Cc4ccccc4)CC3)cc2c1. The normalized spacial score (nSPS) is 15.0. The number of furan rings is 1. The van der Waals surface area contributed by atoms with Gasteiger partial charge in [-0.2, -0.15) is 0 Å². The van der Waals surface area contributed by atoms with E-state index in [2.05, 4.69) is 29.6 Å². The smallest absolute Gasteiger partial charge is 0.289 e. The zero-order valence-electron chi connectivity index (χ0n) is 16.0. The van der Waals surface area contributed by atoms with Gasteiger partial charge in [0.1, 0.15) is 5.58 Å². The second-order valence-corrected chi connectivity index (χ2v) is 7.47. The molecule has 5 heteroatoms. The quantitative estimate of drug-likeness (QED) is 0.730. The standard InChI is InChI=1S/C23H24N2O3/c1-16(26)24-20-7-8-21-19(14-20)15-22(28-21)23(27)25-11-9-18(10-12-25)13-17-5-3-2-4-6-17/h2-8,14-15,18H,9-13H2,1H3,(H,24,26). The summed E-state index contributed by atoms with van der Waals surface area (Å²) in [5.41, 5.74) is 2.71. The highest BCUT2D eigenvalue weighted by atomic mass is 16.3. The Bertz CT molecular complexity index is 986. The van der Waals surface area contributed by atoms with Crippen LogP contribution in [0.25, 0.3) is 11.0 Å².